The van der Waals surface area contributed by atoms with E-state index < -0.39 is 11.8 Å². The maximum Gasteiger partial charge on any atom is 0.338 e. The topological polar surface area (TPSA) is 103 Å². The van der Waals surface area contributed by atoms with E-state index in [1.807, 2.05) is 31.2 Å². The molecule has 2 aromatic carbocycles. The number of anilines is 3. The summed E-state index contributed by atoms with van der Waals surface area (Å²) in [6.45, 7) is 1.83. The van der Waals surface area contributed by atoms with Crippen molar-refractivity contribution in [3.63, 3.8) is 0 Å². The zero-order valence-electron chi connectivity index (χ0n) is 14.6. The first-order valence-corrected chi connectivity index (χ1v) is 8.33. The van der Waals surface area contributed by atoms with Crippen molar-refractivity contribution in [1.82, 2.24) is 15.0 Å². The normalized spacial score (nSPS) is 10.4. The fourth-order valence-electron chi connectivity index (χ4n) is 2.46. The Kier molecular flexibility index (Phi) is 5.55. The van der Waals surface area contributed by atoms with E-state index in [1.54, 1.807) is 0 Å². The van der Waals surface area contributed by atoms with Crippen LogP contribution in [0.25, 0.3) is 0 Å². The molecule has 3 aromatic rings. The number of halogens is 1. The van der Waals surface area contributed by atoms with Gasteiger partial charge in [0.2, 0.25) is 11.9 Å². The van der Waals surface area contributed by atoms with E-state index >= 15 is 0 Å². The molecule has 1 aromatic heterocycles. The number of nitrogens with zero attached hydrogens (tertiary/aromatic N) is 3. The summed E-state index contributed by atoms with van der Waals surface area (Å²) in [5.41, 5.74) is 7.78. The van der Waals surface area contributed by atoms with E-state index in [0.717, 1.165) is 23.7 Å². The average molecular weight is 367 g/mol. The predicted molar refractivity (Wildman–Crippen MR) is 98.9 cm³/mol. The molecule has 0 radical (unpaired) electrons. The third kappa shape index (κ3) is 4.75. The molecule has 3 rings (SSSR count). The Morgan fingerprint density at radius 2 is 1.96 bits per heavy atom. The monoisotopic (exact) mass is 367 g/mol. The molecule has 0 saturated heterocycles. The van der Waals surface area contributed by atoms with Gasteiger partial charge in [-0.15, -0.1) is 0 Å². The second-order valence-electron chi connectivity index (χ2n) is 5.66. The van der Waals surface area contributed by atoms with Crippen LogP contribution < -0.4 is 11.1 Å². The highest BCUT2D eigenvalue weighted by Gasteiger charge is 2.12. The highest BCUT2D eigenvalue weighted by Crippen LogP contribution is 2.19. The van der Waals surface area contributed by atoms with Crippen LogP contribution in [0.2, 0.25) is 0 Å². The summed E-state index contributed by atoms with van der Waals surface area (Å²) in [7, 11) is 0. The van der Waals surface area contributed by atoms with Crippen molar-refractivity contribution in [3.05, 3.63) is 71.3 Å². The van der Waals surface area contributed by atoms with Crippen molar-refractivity contribution in [3.8, 4) is 0 Å². The lowest BCUT2D eigenvalue weighted by atomic mass is 10.1. The Bertz CT molecular complexity index is 964. The quantitative estimate of drug-likeness (QED) is 0.645. The maximum absolute atomic E-state index is 13.2. The molecule has 0 aliphatic carbocycles. The van der Waals surface area contributed by atoms with E-state index in [9.17, 15) is 9.18 Å². The first kappa shape index (κ1) is 18.2. The molecule has 0 unspecified atom stereocenters. The SMILES string of the molecule is CCc1ccccc1Nc1nc(N)nc(COC(=O)c2cccc(F)c2)n1. The molecule has 8 heteroatoms. The van der Waals surface area contributed by atoms with E-state index in [2.05, 4.69) is 20.3 Å². The highest BCUT2D eigenvalue weighted by molar-refractivity contribution is 5.89. The molecule has 1 heterocycles. The van der Waals surface area contributed by atoms with Crippen LogP contribution >= 0.6 is 0 Å². The average Bonchev–Trinajstić information content (AvgIpc) is 2.66. The van der Waals surface area contributed by atoms with Gasteiger partial charge in [0.05, 0.1) is 5.56 Å². The summed E-state index contributed by atoms with van der Waals surface area (Å²) in [5.74, 6) is -0.767. The summed E-state index contributed by atoms with van der Waals surface area (Å²) in [6.07, 6.45) is 0.835. The van der Waals surface area contributed by atoms with Gasteiger partial charge in [-0.05, 0) is 36.2 Å². The molecule has 7 nitrogen and oxygen atoms in total. The van der Waals surface area contributed by atoms with Crippen molar-refractivity contribution in [2.45, 2.75) is 20.0 Å². The molecule has 0 spiro atoms. The maximum atomic E-state index is 13.2. The summed E-state index contributed by atoms with van der Waals surface area (Å²) in [6, 6.07) is 13.0. The second kappa shape index (κ2) is 8.22. The fraction of sp³-hybridized carbons (Fsp3) is 0.158. The molecular formula is C19H18FN5O2. The van der Waals surface area contributed by atoms with Crippen molar-refractivity contribution >= 4 is 23.6 Å². The number of rotatable bonds is 6. The van der Waals surface area contributed by atoms with E-state index in [1.165, 1.54) is 18.2 Å². The van der Waals surface area contributed by atoms with Crippen molar-refractivity contribution < 1.29 is 13.9 Å². The van der Waals surface area contributed by atoms with Gasteiger partial charge in [-0.1, -0.05) is 31.2 Å². The fourth-order valence-corrected chi connectivity index (χ4v) is 2.46. The number of nitrogen functional groups attached to an aromatic ring is 1. The molecule has 27 heavy (non-hydrogen) atoms. The standard InChI is InChI=1S/C19H18FN5O2/c1-2-12-6-3-4-9-15(12)22-19-24-16(23-18(21)25-19)11-27-17(26)13-7-5-8-14(20)10-13/h3-10H,2,11H2,1H3,(H3,21,22,23,24,25). The van der Waals surface area contributed by atoms with Gasteiger partial charge in [-0.25, -0.2) is 9.18 Å². The van der Waals surface area contributed by atoms with Crippen LogP contribution in [-0.4, -0.2) is 20.9 Å². The lowest BCUT2D eigenvalue weighted by Gasteiger charge is -2.11. The Morgan fingerprint density at radius 3 is 2.74 bits per heavy atom. The Balaban J connectivity index is 1.72. The number of hydrogen-bond donors (Lipinski definition) is 2. The summed E-state index contributed by atoms with van der Waals surface area (Å²) in [5, 5.41) is 3.10. The number of para-hydroxylation sites is 1. The second-order valence-corrected chi connectivity index (χ2v) is 5.66. The Labute approximate surface area is 155 Å². The first-order valence-electron chi connectivity index (χ1n) is 8.33. The van der Waals surface area contributed by atoms with Gasteiger partial charge in [0.1, 0.15) is 5.82 Å². The molecular weight excluding hydrogens is 349 g/mol. The predicted octanol–water partition coefficient (Wildman–Crippen LogP) is 3.26. The number of aryl methyl sites for hydroxylation is 1. The van der Waals surface area contributed by atoms with Gasteiger partial charge < -0.3 is 15.8 Å². The first-order chi connectivity index (χ1) is 13.0. The third-order valence-electron chi connectivity index (χ3n) is 3.74. The van der Waals surface area contributed by atoms with Crippen LogP contribution in [0.1, 0.15) is 28.7 Å². The number of hydrogen-bond acceptors (Lipinski definition) is 7. The minimum Gasteiger partial charge on any atom is -0.454 e. The molecule has 0 saturated carbocycles. The highest BCUT2D eigenvalue weighted by atomic mass is 19.1. The van der Waals surface area contributed by atoms with Crippen LogP contribution in [0.4, 0.5) is 22.0 Å². The minimum absolute atomic E-state index is 0.00159. The van der Waals surface area contributed by atoms with Gasteiger partial charge in [0.25, 0.3) is 0 Å². The molecule has 0 fully saturated rings. The minimum atomic E-state index is -0.681. The van der Waals surface area contributed by atoms with Gasteiger partial charge in [-0.2, -0.15) is 15.0 Å². The number of ether oxygens (including phenoxy) is 1. The number of aromatic nitrogens is 3. The number of nitrogens with two attached hydrogens (primary N) is 1. The van der Waals surface area contributed by atoms with Crippen LogP contribution in [0.3, 0.4) is 0 Å². The Morgan fingerprint density at radius 1 is 1.15 bits per heavy atom. The van der Waals surface area contributed by atoms with Gasteiger partial charge in [0, 0.05) is 5.69 Å². The lowest BCUT2D eigenvalue weighted by Crippen LogP contribution is -2.11. The molecule has 0 atom stereocenters. The number of benzene rings is 2. The van der Waals surface area contributed by atoms with E-state index in [4.69, 9.17) is 10.5 Å². The van der Waals surface area contributed by atoms with Gasteiger partial charge >= 0.3 is 5.97 Å². The van der Waals surface area contributed by atoms with E-state index in [0.29, 0.717) is 0 Å². The number of carbonyl (C=O) groups excluding carboxylic acids is 1. The molecule has 138 valence electrons. The molecule has 0 amide bonds. The molecule has 0 aliphatic rings. The van der Waals surface area contributed by atoms with Crippen molar-refractivity contribution in [2.75, 3.05) is 11.1 Å². The lowest BCUT2D eigenvalue weighted by molar-refractivity contribution is 0.0461. The van der Waals surface area contributed by atoms with Gasteiger partial charge in [0.15, 0.2) is 12.4 Å². The van der Waals surface area contributed by atoms with Gasteiger partial charge in [-0.3, -0.25) is 0 Å². The summed E-state index contributed by atoms with van der Waals surface area (Å²) in [4.78, 5) is 24.3. The zero-order valence-corrected chi connectivity index (χ0v) is 14.6. The number of nitrogens with one attached hydrogen (secondary N) is 1. The molecule has 0 bridgehead atoms. The van der Waals surface area contributed by atoms with Crippen LogP contribution in [-0.2, 0) is 17.8 Å². The Hall–Kier alpha value is -3.55. The largest absolute Gasteiger partial charge is 0.454 e. The van der Waals surface area contributed by atoms with Crippen LogP contribution in [0.15, 0.2) is 48.5 Å². The summed E-state index contributed by atoms with van der Waals surface area (Å²) >= 11 is 0. The summed E-state index contributed by atoms with van der Waals surface area (Å²) < 4.78 is 18.3. The molecule has 0 aliphatic heterocycles. The van der Waals surface area contributed by atoms with Crippen molar-refractivity contribution in [1.29, 1.82) is 0 Å². The molecule has 3 N–H and O–H groups in total. The smallest absolute Gasteiger partial charge is 0.338 e. The van der Waals surface area contributed by atoms with Crippen molar-refractivity contribution in [2.24, 2.45) is 0 Å². The number of esters is 1. The van der Waals surface area contributed by atoms with Crippen LogP contribution in [0.5, 0.6) is 0 Å². The van der Waals surface area contributed by atoms with Crippen LogP contribution in [0, 0.1) is 5.82 Å². The van der Waals surface area contributed by atoms with E-state index in [-0.39, 0.29) is 29.9 Å². The number of carbonyl (C=O) groups is 1. The zero-order chi connectivity index (χ0) is 19.2. The third-order valence-corrected chi connectivity index (χ3v) is 3.74.